The fourth-order valence-corrected chi connectivity index (χ4v) is 2.72. The molecule has 0 atom stereocenters. The van der Waals surface area contributed by atoms with Crippen molar-refractivity contribution in [1.29, 1.82) is 0 Å². The maximum atomic E-state index is 12.3. The molecular formula is C15H29NO2. The predicted octanol–water partition coefficient (Wildman–Crippen LogP) is 2.99. The average molecular weight is 255 g/mol. The molecule has 0 bridgehead atoms. The van der Waals surface area contributed by atoms with Gasteiger partial charge in [0.05, 0.1) is 7.11 Å². The van der Waals surface area contributed by atoms with Crippen LogP contribution in [0.15, 0.2) is 0 Å². The molecule has 1 saturated carbocycles. The summed E-state index contributed by atoms with van der Waals surface area (Å²) in [4.78, 5) is 12.3. The van der Waals surface area contributed by atoms with Crippen LogP contribution in [0.25, 0.3) is 0 Å². The molecule has 0 heterocycles. The third-order valence-electron chi connectivity index (χ3n) is 3.52. The first-order chi connectivity index (χ1) is 8.39. The molecule has 1 fully saturated rings. The van der Waals surface area contributed by atoms with Crippen molar-refractivity contribution >= 4 is 5.97 Å². The lowest BCUT2D eigenvalue weighted by atomic mass is 9.81. The normalized spacial score (nSPS) is 16.4. The summed E-state index contributed by atoms with van der Waals surface area (Å²) in [5, 5.41) is 3.53. The van der Waals surface area contributed by atoms with E-state index < -0.39 is 5.54 Å². The van der Waals surface area contributed by atoms with Gasteiger partial charge >= 0.3 is 5.97 Å². The van der Waals surface area contributed by atoms with Crippen LogP contribution in [0.3, 0.4) is 0 Å². The Morgan fingerprint density at radius 1 is 1.22 bits per heavy atom. The van der Waals surface area contributed by atoms with Gasteiger partial charge in [0.1, 0.15) is 5.54 Å². The van der Waals surface area contributed by atoms with Crippen LogP contribution in [0.4, 0.5) is 0 Å². The molecule has 0 saturated heterocycles. The van der Waals surface area contributed by atoms with E-state index in [4.69, 9.17) is 4.74 Å². The van der Waals surface area contributed by atoms with Gasteiger partial charge in [-0.1, -0.05) is 27.7 Å². The Hall–Kier alpha value is -0.570. The molecule has 3 nitrogen and oxygen atoms in total. The maximum absolute atomic E-state index is 12.3. The van der Waals surface area contributed by atoms with Gasteiger partial charge in [0.15, 0.2) is 0 Å². The zero-order valence-corrected chi connectivity index (χ0v) is 12.6. The molecule has 3 heteroatoms. The van der Waals surface area contributed by atoms with Gasteiger partial charge in [-0.2, -0.15) is 0 Å². The topological polar surface area (TPSA) is 38.3 Å². The Kier molecular flexibility index (Phi) is 5.64. The summed E-state index contributed by atoms with van der Waals surface area (Å²) in [5.74, 6) is 1.64. The third-order valence-corrected chi connectivity index (χ3v) is 3.52. The second kappa shape index (κ2) is 6.55. The van der Waals surface area contributed by atoms with Gasteiger partial charge in [-0.25, -0.2) is 0 Å². The van der Waals surface area contributed by atoms with Crippen molar-refractivity contribution in [2.24, 2.45) is 17.8 Å². The molecule has 1 rings (SSSR count). The molecule has 1 aliphatic carbocycles. The minimum Gasteiger partial charge on any atom is -0.468 e. The number of ether oxygens (including phenoxy) is 1. The first-order valence-corrected chi connectivity index (χ1v) is 7.23. The van der Waals surface area contributed by atoms with E-state index in [9.17, 15) is 4.79 Å². The molecule has 106 valence electrons. The maximum Gasteiger partial charge on any atom is 0.326 e. The molecule has 0 spiro atoms. The molecule has 18 heavy (non-hydrogen) atoms. The van der Waals surface area contributed by atoms with Crippen molar-refractivity contribution in [2.45, 2.75) is 58.9 Å². The summed E-state index contributed by atoms with van der Waals surface area (Å²) in [5.41, 5.74) is -0.486. The van der Waals surface area contributed by atoms with Gasteiger partial charge in [0.2, 0.25) is 0 Å². The van der Waals surface area contributed by atoms with Crippen molar-refractivity contribution in [2.75, 3.05) is 13.7 Å². The standard InChI is InChI=1S/C15H29NO2/c1-11(2)8-15(9-12(3)4,14(17)18-5)16-10-13-6-7-13/h11-13,16H,6-10H2,1-5H3. The van der Waals surface area contributed by atoms with Crippen LogP contribution in [0.1, 0.15) is 53.4 Å². The second-order valence-corrected chi connectivity index (χ2v) is 6.59. The fraction of sp³-hybridized carbons (Fsp3) is 0.933. The minimum absolute atomic E-state index is 0.0921. The fourth-order valence-electron chi connectivity index (χ4n) is 2.72. The number of methoxy groups -OCH3 is 1. The molecule has 1 N–H and O–H groups in total. The Bertz CT molecular complexity index is 260. The van der Waals surface area contributed by atoms with Crippen LogP contribution < -0.4 is 5.32 Å². The van der Waals surface area contributed by atoms with Crippen LogP contribution in [0, 0.1) is 17.8 Å². The van der Waals surface area contributed by atoms with E-state index in [0.717, 1.165) is 25.3 Å². The summed E-state index contributed by atoms with van der Waals surface area (Å²) in [6, 6.07) is 0. The molecule has 0 amide bonds. The molecule has 0 aliphatic heterocycles. The van der Waals surface area contributed by atoms with Crippen molar-refractivity contribution in [3.05, 3.63) is 0 Å². The summed E-state index contributed by atoms with van der Waals surface area (Å²) in [6.45, 7) is 9.61. The SMILES string of the molecule is COC(=O)C(CC(C)C)(CC(C)C)NCC1CC1. The van der Waals surface area contributed by atoms with Gasteiger partial charge in [-0.05, 0) is 50.0 Å². The van der Waals surface area contributed by atoms with Crippen LogP contribution in [-0.2, 0) is 9.53 Å². The van der Waals surface area contributed by atoms with E-state index in [1.165, 1.54) is 20.0 Å². The van der Waals surface area contributed by atoms with Crippen LogP contribution in [0.5, 0.6) is 0 Å². The lowest BCUT2D eigenvalue weighted by Gasteiger charge is -2.35. The van der Waals surface area contributed by atoms with Crippen LogP contribution >= 0.6 is 0 Å². The first kappa shape index (κ1) is 15.5. The Balaban J connectivity index is 2.78. The number of hydrogen-bond donors (Lipinski definition) is 1. The highest BCUT2D eigenvalue weighted by atomic mass is 16.5. The Labute approximate surface area is 112 Å². The number of hydrogen-bond acceptors (Lipinski definition) is 3. The lowest BCUT2D eigenvalue weighted by molar-refractivity contribution is -0.150. The van der Waals surface area contributed by atoms with Crippen molar-refractivity contribution in [1.82, 2.24) is 5.32 Å². The van der Waals surface area contributed by atoms with Crippen molar-refractivity contribution < 1.29 is 9.53 Å². The van der Waals surface area contributed by atoms with Gasteiger partial charge in [-0.3, -0.25) is 4.79 Å². The molecule has 0 aromatic carbocycles. The van der Waals surface area contributed by atoms with E-state index >= 15 is 0 Å². The highest BCUT2D eigenvalue weighted by Crippen LogP contribution is 2.31. The predicted molar refractivity (Wildman–Crippen MR) is 74.4 cm³/mol. The van der Waals surface area contributed by atoms with E-state index in [-0.39, 0.29) is 5.97 Å². The molecule has 0 unspecified atom stereocenters. The van der Waals surface area contributed by atoms with Crippen LogP contribution in [0.2, 0.25) is 0 Å². The van der Waals surface area contributed by atoms with Gasteiger partial charge in [-0.15, -0.1) is 0 Å². The zero-order valence-electron chi connectivity index (χ0n) is 12.6. The van der Waals surface area contributed by atoms with E-state index in [1.54, 1.807) is 0 Å². The second-order valence-electron chi connectivity index (χ2n) is 6.59. The summed E-state index contributed by atoms with van der Waals surface area (Å²) in [7, 11) is 1.50. The highest BCUT2D eigenvalue weighted by molar-refractivity contribution is 5.80. The number of esters is 1. The average Bonchev–Trinajstić information content (AvgIpc) is 3.06. The third kappa shape index (κ3) is 4.60. The molecule has 0 aromatic heterocycles. The number of carbonyl (C=O) groups excluding carboxylic acids is 1. The van der Waals surface area contributed by atoms with Gasteiger partial charge < -0.3 is 10.1 Å². The quantitative estimate of drug-likeness (QED) is 0.678. The smallest absolute Gasteiger partial charge is 0.326 e. The monoisotopic (exact) mass is 255 g/mol. The lowest BCUT2D eigenvalue weighted by Crippen LogP contribution is -2.55. The first-order valence-electron chi connectivity index (χ1n) is 7.23. The molecule has 1 aliphatic rings. The number of carbonyl (C=O) groups is 1. The highest BCUT2D eigenvalue weighted by Gasteiger charge is 2.41. The molecule has 0 aromatic rings. The largest absolute Gasteiger partial charge is 0.468 e. The van der Waals surface area contributed by atoms with Gasteiger partial charge in [0, 0.05) is 0 Å². The number of rotatable bonds is 8. The van der Waals surface area contributed by atoms with E-state index in [0.29, 0.717) is 11.8 Å². The Morgan fingerprint density at radius 2 is 1.72 bits per heavy atom. The van der Waals surface area contributed by atoms with E-state index in [1.807, 2.05) is 0 Å². The van der Waals surface area contributed by atoms with Crippen molar-refractivity contribution in [3.8, 4) is 0 Å². The summed E-state index contributed by atoms with van der Waals surface area (Å²) < 4.78 is 5.07. The summed E-state index contributed by atoms with van der Waals surface area (Å²) >= 11 is 0. The zero-order chi connectivity index (χ0) is 13.8. The van der Waals surface area contributed by atoms with Gasteiger partial charge in [0.25, 0.3) is 0 Å². The van der Waals surface area contributed by atoms with E-state index in [2.05, 4.69) is 33.0 Å². The molecule has 0 radical (unpaired) electrons. The minimum atomic E-state index is -0.486. The molecular weight excluding hydrogens is 226 g/mol. The summed E-state index contributed by atoms with van der Waals surface area (Å²) in [6.07, 6.45) is 4.30. The number of nitrogens with one attached hydrogen (secondary N) is 1. The Morgan fingerprint density at radius 3 is 2.06 bits per heavy atom. The van der Waals surface area contributed by atoms with Crippen molar-refractivity contribution in [3.63, 3.8) is 0 Å². The van der Waals surface area contributed by atoms with Crippen LogP contribution in [-0.4, -0.2) is 25.2 Å².